The van der Waals surface area contributed by atoms with Gasteiger partial charge >= 0.3 is 0 Å². The number of thiocarbonyl (C=S) groups is 1. The molecule has 3 N–H and O–H groups in total. The Balaban J connectivity index is 2.44. The largest absolute Gasteiger partial charge is 0.392 e. The molecule has 0 aromatic carbocycles. The molecule has 0 aromatic heterocycles. The highest BCUT2D eigenvalue weighted by Crippen LogP contribution is 2.19. The second kappa shape index (κ2) is 5.42. The van der Waals surface area contributed by atoms with Crippen molar-refractivity contribution in [2.45, 2.75) is 51.4 Å². The number of amides is 1. The molecule has 1 fully saturated rings. The molecule has 0 saturated carbocycles. The number of nitrogens with two attached hydrogens (primary N) is 1. The molecule has 4 nitrogen and oxygen atoms in total. The van der Waals surface area contributed by atoms with E-state index in [1.807, 2.05) is 13.8 Å². The number of carbonyl (C=O) groups is 1. The van der Waals surface area contributed by atoms with Crippen LogP contribution in [0.4, 0.5) is 0 Å². The van der Waals surface area contributed by atoms with Crippen molar-refractivity contribution in [1.29, 1.82) is 0 Å². The first kappa shape index (κ1) is 12.4. The van der Waals surface area contributed by atoms with E-state index < -0.39 is 0 Å². The van der Waals surface area contributed by atoms with E-state index in [-0.39, 0.29) is 24.2 Å². The average Bonchev–Trinajstić information content (AvgIpc) is 2.60. The summed E-state index contributed by atoms with van der Waals surface area (Å²) < 4.78 is 5.45. The average molecular weight is 230 g/mol. The summed E-state index contributed by atoms with van der Waals surface area (Å²) in [5.41, 5.74) is 5.50. The molecule has 1 aliphatic heterocycles. The van der Waals surface area contributed by atoms with Gasteiger partial charge in [0.15, 0.2) is 0 Å². The zero-order chi connectivity index (χ0) is 11.4. The second-order valence-electron chi connectivity index (χ2n) is 3.88. The SMILES string of the molecule is CCC(NC(=O)C1CCC(C)O1)C(N)=S. The maximum Gasteiger partial charge on any atom is 0.249 e. The molecule has 3 unspecified atom stereocenters. The molecule has 1 aliphatic rings. The molecule has 3 atom stereocenters. The summed E-state index contributed by atoms with van der Waals surface area (Å²) in [7, 11) is 0. The topological polar surface area (TPSA) is 64.3 Å². The Kier molecular flexibility index (Phi) is 4.47. The normalized spacial score (nSPS) is 27.3. The van der Waals surface area contributed by atoms with Crippen molar-refractivity contribution in [3.05, 3.63) is 0 Å². The van der Waals surface area contributed by atoms with Gasteiger partial charge in [-0.15, -0.1) is 0 Å². The molecule has 1 saturated heterocycles. The predicted octanol–water partition coefficient (Wildman–Crippen LogP) is 0.735. The quantitative estimate of drug-likeness (QED) is 0.699. The lowest BCUT2D eigenvalue weighted by atomic mass is 10.1. The smallest absolute Gasteiger partial charge is 0.249 e. The molecule has 1 rings (SSSR count). The first-order chi connectivity index (χ1) is 7.04. The van der Waals surface area contributed by atoms with E-state index in [4.69, 9.17) is 22.7 Å². The number of carbonyl (C=O) groups excluding carboxylic acids is 1. The van der Waals surface area contributed by atoms with E-state index >= 15 is 0 Å². The fraction of sp³-hybridized carbons (Fsp3) is 0.800. The van der Waals surface area contributed by atoms with Crippen molar-refractivity contribution < 1.29 is 9.53 Å². The molecule has 0 bridgehead atoms. The summed E-state index contributed by atoms with van der Waals surface area (Å²) in [5, 5.41) is 2.80. The number of nitrogens with one attached hydrogen (secondary N) is 1. The van der Waals surface area contributed by atoms with Crippen LogP contribution in [-0.4, -0.2) is 29.1 Å². The monoisotopic (exact) mass is 230 g/mol. The highest BCUT2D eigenvalue weighted by atomic mass is 32.1. The summed E-state index contributed by atoms with van der Waals surface area (Å²) in [5.74, 6) is -0.0981. The lowest BCUT2D eigenvalue weighted by molar-refractivity contribution is -0.132. The van der Waals surface area contributed by atoms with Crippen LogP contribution in [0.5, 0.6) is 0 Å². The summed E-state index contributed by atoms with van der Waals surface area (Å²) >= 11 is 4.85. The van der Waals surface area contributed by atoms with Crippen molar-refractivity contribution >= 4 is 23.1 Å². The minimum Gasteiger partial charge on any atom is -0.392 e. The van der Waals surface area contributed by atoms with Gasteiger partial charge in [0.2, 0.25) is 5.91 Å². The van der Waals surface area contributed by atoms with E-state index in [9.17, 15) is 4.79 Å². The van der Waals surface area contributed by atoms with Crippen LogP contribution in [0, 0.1) is 0 Å². The van der Waals surface area contributed by atoms with Crippen LogP contribution in [0.25, 0.3) is 0 Å². The van der Waals surface area contributed by atoms with E-state index in [2.05, 4.69) is 5.32 Å². The summed E-state index contributed by atoms with van der Waals surface area (Å²) in [6, 6.07) is -0.216. The Hall–Kier alpha value is -0.680. The third-order valence-electron chi connectivity index (χ3n) is 2.59. The Morgan fingerprint density at radius 3 is 2.73 bits per heavy atom. The van der Waals surface area contributed by atoms with Crippen LogP contribution in [0.3, 0.4) is 0 Å². The number of rotatable bonds is 4. The van der Waals surface area contributed by atoms with Gasteiger partial charge in [-0.1, -0.05) is 19.1 Å². The zero-order valence-electron chi connectivity index (χ0n) is 9.16. The summed E-state index contributed by atoms with van der Waals surface area (Å²) in [4.78, 5) is 12.0. The fourth-order valence-electron chi connectivity index (χ4n) is 1.63. The highest BCUT2D eigenvalue weighted by molar-refractivity contribution is 7.80. The Bertz CT molecular complexity index is 258. The predicted molar refractivity (Wildman–Crippen MR) is 62.6 cm³/mol. The van der Waals surface area contributed by atoms with E-state index in [1.54, 1.807) is 0 Å². The lowest BCUT2D eigenvalue weighted by Crippen LogP contribution is -2.47. The maximum atomic E-state index is 11.7. The summed E-state index contributed by atoms with van der Waals surface area (Å²) in [6.07, 6.45) is 2.26. The Morgan fingerprint density at radius 2 is 2.33 bits per heavy atom. The van der Waals surface area contributed by atoms with Crippen molar-refractivity contribution in [2.75, 3.05) is 0 Å². The van der Waals surface area contributed by atoms with Gasteiger partial charge in [-0.05, 0) is 26.2 Å². The van der Waals surface area contributed by atoms with Crippen LogP contribution in [0.15, 0.2) is 0 Å². The van der Waals surface area contributed by atoms with Crippen molar-refractivity contribution in [1.82, 2.24) is 5.32 Å². The molecule has 0 spiro atoms. The van der Waals surface area contributed by atoms with Crippen molar-refractivity contribution in [2.24, 2.45) is 5.73 Å². The Labute approximate surface area is 95.5 Å². The van der Waals surface area contributed by atoms with E-state index in [0.717, 1.165) is 12.8 Å². The van der Waals surface area contributed by atoms with Gasteiger partial charge in [-0.3, -0.25) is 4.79 Å². The number of hydrogen-bond acceptors (Lipinski definition) is 3. The number of hydrogen-bond donors (Lipinski definition) is 2. The molecule has 15 heavy (non-hydrogen) atoms. The fourth-order valence-corrected chi connectivity index (χ4v) is 1.86. The summed E-state index contributed by atoms with van der Waals surface area (Å²) in [6.45, 7) is 3.90. The van der Waals surface area contributed by atoms with E-state index in [1.165, 1.54) is 0 Å². The molecular weight excluding hydrogens is 212 g/mol. The highest BCUT2D eigenvalue weighted by Gasteiger charge is 2.29. The standard InChI is InChI=1S/C10H18N2O2S/c1-3-7(9(11)15)12-10(13)8-5-4-6(2)14-8/h6-8H,3-5H2,1-2H3,(H2,11,15)(H,12,13). The van der Waals surface area contributed by atoms with Crippen molar-refractivity contribution in [3.8, 4) is 0 Å². The first-order valence-electron chi connectivity index (χ1n) is 5.29. The molecule has 0 aliphatic carbocycles. The van der Waals surface area contributed by atoms with Gasteiger partial charge in [0.05, 0.1) is 17.1 Å². The van der Waals surface area contributed by atoms with Crippen molar-refractivity contribution in [3.63, 3.8) is 0 Å². The molecule has 1 heterocycles. The van der Waals surface area contributed by atoms with Crippen LogP contribution in [0.1, 0.15) is 33.1 Å². The van der Waals surface area contributed by atoms with Crippen LogP contribution in [-0.2, 0) is 9.53 Å². The third-order valence-corrected chi connectivity index (χ3v) is 2.88. The second-order valence-corrected chi connectivity index (χ2v) is 4.36. The minimum absolute atomic E-state index is 0.0981. The van der Waals surface area contributed by atoms with E-state index in [0.29, 0.717) is 11.4 Å². The first-order valence-corrected chi connectivity index (χ1v) is 5.70. The van der Waals surface area contributed by atoms with Gasteiger partial charge in [-0.25, -0.2) is 0 Å². The lowest BCUT2D eigenvalue weighted by Gasteiger charge is -2.18. The van der Waals surface area contributed by atoms with Gasteiger partial charge in [0.1, 0.15) is 6.10 Å². The van der Waals surface area contributed by atoms with Crippen LogP contribution < -0.4 is 11.1 Å². The maximum absolute atomic E-state index is 11.7. The van der Waals surface area contributed by atoms with Crippen LogP contribution in [0.2, 0.25) is 0 Å². The van der Waals surface area contributed by atoms with Gasteiger partial charge in [0.25, 0.3) is 0 Å². The van der Waals surface area contributed by atoms with Gasteiger partial charge in [-0.2, -0.15) is 0 Å². The van der Waals surface area contributed by atoms with Gasteiger partial charge < -0.3 is 15.8 Å². The minimum atomic E-state index is -0.330. The molecular formula is C10H18N2O2S. The molecule has 0 aromatic rings. The number of ether oxygens (including phenoxy) is 1. The molecule has 0 radical (unpaired) electrons. The van der Waals surface area contributed by atoms with Gasteiger partial charge in [0, 0.05) is 0 Å². The zero-order valence-corrected chi connectivity index (χ0v) is 9.97. The molecule has 86 valence electrons. The molecule has 5 heteroatoms. The third kappa shape index (κ3) is 3.43. The van der Waals surface area contributed by atoms with Crippen LogP contribution >= 0.6 is 12.2 Å². The molecule has 1 amide bonds. The Morgan fingerprint density at radius 1 is 1.67 bits per heavy atom.